The van der Waals surface area contributed by atoms with Crippen molar-refractivity contribution in [1.29, 1.82) is 0 Å². The molecule has 1 radical (unpaired) electrons. The summed E-state index contributed by atoms with van der Waals surface area (Å²) < 4.78 is 0. The Morgan fingerprint density at radius 1 is 1.60 bits per heavy atom. The van der Waals surface area contributed by atoms with Crippen LogP contribution in [0, 0.1) is 6.92 Å². The molecule has 0 aliphatic carbocycles. The fourth-order valence-corrected chi connectivity index (χ4v) is 1.42. The number of nitrogens with zero attached hydrogens (tertiary/aromatic N) is 1. The summed E-state index contributed by atoms with van der Waals surface area (Å²) in [4.78, 5) is 1.99. The highest BCUT2D eigenvalue weighted by atomic mass is 16.3. The molecular formula is C7H14NO2. The zero-order valence-electron chi connectivity index (χ0n) is 6.03. The van der Waals surface area contributed by atoms with Crippen LogP contribution in [0.25, 0.3) is 0 Å². The number of hydrogen-bond acceptors (Lipinski definition) is 3. The lowest BCUT2D eigenvalue weighted by atomic mass is 10.2. The summed E-state index contributed by atoms with van der Waals surface area (Å²) in [6.45, 7) is 5.17. The van der Waals surface area contributed by atoms with Crippen LogP contribution in [0.4, 0.5) is 0 Å². The van der Waals surface area contributed by atoms with Gasteiger partial charge in [-0.2, -0.15) is 0 Å². The van der Waals surface area contributed by atoms with Crippen LogP contribution in [0.5, 0.6) is 0 Å². The lowest BCUT2D eigenvalue weighted by Crippen LogP contribution is -2.32. The van der Waals surface area contributed by atoms with E-state index < -0.39 is 0 Å². The zero-order chi connectivity index (χ0) is 7.56. The second-order valence-electron chi connectivity index (χ2n) is 2.72. The van der Waals surface area contributed by atoms with Crippen molar-refractivity contribution >= 4 is 0 Å². The summed E-state index contributed by atoms with van der Waals surface area (Å²) in [6, 6.07) is 0.132. The van der Waals surface area contributed by atoms with Gasteiger partial charge in [0.25, 0.3) is 0 Å². The molecular weight excluding hydrogens is 130 g/mol. The highest BCUT2D eigenvalue weighted by Gasteiger charge is 2.28. The molecule has 2 unspecified atom stereocenters. The molecule has 10 heavy (non-hydrogen) atoms. The van der Waals surface area contributed by atoms with Crippen molar-refractivity contribution in [2.75, 3.05) is 19.7 Å². The number of likely N-dealkylation sites (tertiary alicyclic amines) is 1. The molecule has 3 nitrogen and oxygen atoms in total. The lowest BCUT2D eigenvalue weighted by Gasteiger charge is -2.19. The minimum absolute atomic E-state index is 0.132. The number of rotatable bonds is 2. The first-order chi connectivity index (χ1) is 4.77. The van der Waals surface area contributed by atoms with Crippen LogP contribution in [0.15, 0.2) is 0 Å². The molecule has 1 aliphatic rings. The molecule has 1 fully saturated rings. The fourth-order valence-electron chi connectivity index (χ4n) is 1.42. The predicted molar refractivity (Wildman–Crippen MR) is 38.4 cm³/mol. The van der Waals surface area contributed by atoms with Gasteiger partial charge in [0.05, 0.1) is 12.7 Å². The van der Waals surface area contributed by atoms with Gasteiger partial charge in [-0.05, 0) is 19.9 Å². The summed E-state index contributed by atoms with van der Waals surface area (Å²) in [6.07, 6.45) is 0.422. The van der Waals surface area contributed by atoms with Gasteiger partial charge in [0.2, 0.25) is 0 Å². The third-order valence-electron chi connectivity index (χ3n) is 2.00. The molecule has 59 valence electrons. The Morgan fingerprint density at radius 3 is 2.70 bits per heavy atom. The molecule has 0 aromatic rings. The van der Waals surface area contributed by atoms with E-state index in [4.69, 9.17) is 10.2 Å². The molecule has 0 saturated carbocycles. The van der Waals surface area contributed by atoms with Gasteiger partial charge >= 0.3 is 0 Å². The Hall–Kier alpha value is -0.120. The van der Waals surface area contributed by atoms with Crippen molar-refractivity contribution in [3.05, 3.63) is 6.92 Å². The molecule has 1 saturated heterocycles. The SMILES string of the molecule is [CH2]CN1CC(O)CC1CO. The second-order valence-corrected chi connectivity index (χ2v) is 2.72. The monoisotopic (exact) mass is 144 g/mol. The molecule has 0 amide bonds. The fraction of sp³-hybridized carbons (Fsp3) is 0.857. The van der Waals surface area contributed by atoms with Gasteiger partial charge in [0, 0.05) is 12.6 Å². The van der Waals surface area contributed by atoms with Crippen LogP contribution in [0.3, 0.4) is 0 Å². The molecule has 0 aromatic carbocycles. The number of hydrogen-bond donors (Lipinski definition) is 2. The standard InChI is InChI=1S/C7H14NO2/c1-2-8-4-7(10)3-6(8)5-9/h6-7,9-10H,1-5H2. The number of aliphatic hydroxyl groups excluding tert-OH is 2. The third kappa shape index (κ3) is 1.48. The van der Waals surface area contributed by atoms with Crippen molar-refractivity contribution in [3.63, 3.8) is 0 Å². The van der Waals surface area contributed by atoms with Crippen molar-refractivity contribution < 1.29 is 10.2 Å². The topological polar surface area (TPSA) is 43.7 Å². The average Bonchev–Trinajstić information content (AvgIpc) is 2.30. The Bertz CT molecular complexity index is 95.8. The van der Waals surface area contributed by atoms with Crippen LogP contribution in [-0.4, -0.2) is 47.0 Å². The molecule has 0 spiro atoms. The Balaban J connectivity index is 2.41. The van der Waals surface area contributed by atoms with Crippen LogP contribution in [-0.2, 0) is 0 Å². The van der Waals surface area contributed by atoms with Crippen LogP contribution < -0.4 is 0 Å². The summed E-state index contributed by atoms with van der Waals surface area (Å²) >= 11 is 0. The molecule has 2 N–H and O–H groups in total. The van der Waals surface area contributed by atoms with Crippen molar-refractivity contribution in [3.8, 4) is 0 Å². The Labute approximate surface area is 61.3 Å². The van der Waals surface area contributed by atoms with E-state index in [1.165, 1.54) is 0 Å². The summed E-state index contributed by atoms with van der Waals surface area (Å²) in [5, 5.41) is 18.0. The van der Waals surface area contributed by atoms with Crippen LogP contribution >= 0.6 is 0 Å². The zero-order valence-corrected chi connectivity index (χ0v) is 6.03. The molecule has 1 rings (SSSR count). The van der Waals surface area contributed by atoms with Gasteiger partial charge in [-0.3, -0.25) is 4.90 Å². The van der Waals surface area contributed by atoms with Crippen molar-refractivity contribution in [1.82, 2.24) is 4.90 Å². The summed E-state index contributed by atoms with van der Waals surface area (Å²) in [7, 11) is 0. The van der Waals surface area contributed by atoms with E-state index in [2.05, 4.69) is 6.92 Å². The van der Waals surface area contributed by atoms with Gasteiger partial charge in [-0.25, -0.2) is 0 Å². The van der Waals surface area contributed by atoms with E-state index in [1.54, 1.807) is 0 Å². The van der Waals surface area contributed by atoms with Crippen molar-refractivity contribution in [2.24, 2.45) is 0 Å². The largest absolute Gasteiger partial charge is 0.395 e. The smallest absolute Gasteiger partial charge is 0.0683 e. The molecule has 0 bridgehead atoms. The molecule has 1 heterocycles. The average molecular weight is 144 g/mol. The van der Waals surface area contributed by atoms with E-state index in [9.17, 15) is 0 Å². The van der Waals surface area contributed by atoms with Crippen molar-refractivity contribution in [2.45, 2.75) is 18.6 Å². The highest BCUT2D eigenvalue weighted by Crippen LogP contribution is 2.15. The predicted octanol–water partition coefficient (Wildman–Crippen LogP) is -0.752. The maximum Gasteiger partial charge on any atom is 0.0683 e. The van der Waals surface area contributed by atoms with E-state index in [1.807, 2.05) is 4.90 Å². The van der Waals surface area contributed by atoms with Gasteiger partial charge < -0.3 is 10.2 Å². The van der Waals surface area contributed by atoms with Crippen LogP contribution in [0.1, 0.15) is 6.42 Å². The van der Waals surface area contributed by atoms with E-state index in [0.717, 1.165) is 0 Å². The highest BCUT2D eigenvalue weighted by molar-refractivity contribution is 4.84. The maximum atomic E-state index is 9.15. The van der Waals surface area contributed by atoms with Gasteiger partial charge in [0.1, 0.15) is 0 Å². The minimum atomic E-state index is -0.265. The first-order valence-electron chi connectivity index (χ1n) is 3.60. The summed E-state index contributed by atoms with van der Waals surface area (Å²) in [5.74, 6) is 0. The van der Waals surface area contributed by atoms with E-state index in [-0.39, 0.29) is 18.8 Å². The first kappa shape index (κ1) is 7.98. The van der Waals surface area contributed by atoms with Crippen LogP contribution in [0.2, 0.25) is 0 Å². The maximum absolute atomic E-state index is 9.15. The minimum Gasteiger partial charge on any atom is -0.395 e. The molecule has 2 atom stereocenters. The Morgan fingerprint density at radius 2 is 2.30 bits per heavy atom. The normalized spacial score (nSPS) is 35.1. The first-order valence-corrected chi connectivity index (χ1v) is 3.60. The number of β-amino-alcohol motifs (C(OH)–C–C–N with tert-alkyl or cyclic N) is 1. The van der Waals surface area contributed by atoms with E-state index in [0.29, 0.717) is 19.5 Å². The van der Waals surface area contributed by atoms with Gasteiger partial charge in [-0.15, -0.1) is 0 Å². The molecule has 1 aliphatic heterocycles. The van der Waals surface area contributed by atoms with Gasteiger partial charge in [-0.1, -0.05) is 0 Å². The third-order valence-corrected chi connectivity index (χ3v) is 2.00. The quantitative estimate of drug-likeness (QED) is 0.536. The Kier molecular flexibility index (Phi) is 2.65. The molecule has 3 heteroatoms. The lowest BCUT2D eigenvalue weighted by molar-refractivity contribution is 0.167. The van der Waals surface area contributed by atoms with E-state index >= 15 is 0 Å². The molecule has 0 aromatic heterocycles. The number of aliphatic hydroxyl groups is 2. The second kappa shape index (κ2) is 3.32. The summed E-state index contributed by atoms with van der Waals surface area (Å²) in [5.41, 5.74) is 0. The van der Waals surface area contributed by atoms with Gasteiger partial charge in [0.15, 0.2) is 0 Å².